The number of hydrogen-bond acceptors (Lipinski definition) is 3. The standard InChI is InChI=1S/C16H22N2O3/c1-2-13(19)7-9-17-16(20)18-10-8-14-11-12-5-3-4-6-15(12)21-14/h3-6,11,13,19H,2,7-10H2,1H3,(H2,17,18,20). The molecule has 1 aromatic heterocycles. The first kappa shape index (κ1) is 15.4. The molecule has 1 atom stereocenters. The van der Waals surface area contributed by atoms with E-state index < -0.39 is 0 Å². The number of rotatable bonds is 7. The average Bonchev–Trinajstić information content (AvgIpc) is 2.89. The van der Waals surface area contributed by atoms with Gasteiger partial charge >= 0.3 is 6.03 Å². The van der Waals surface area contributed by atoms with Crippen LogP contribution < -0.4 is 10.6 Å². The fourth-order valence-corrected chi connectivity index (χ4v) is 2.08. The predicted octanol–water partition coefficient (Wildman–Crippen LogP) is 2.44. The second-order valence-corrected chi connectivity index (χ2v) is 5.03. The molecule has 0 aliphatic heterocycles. The molecule has 3 N–H and O–H groups in total. The fourth-order valence-electron chi connectivity index (χ4n) is 2.08. The zero-order valence-corrected chi connectivity index (χ0v) is 12.3. The van der Waals surface area contributed by atoms with Crippen LogP contribution in [0.2, 0.25) is 0 Å². The number of carbonyl (C=O) groups excluding carboxylic acids is 1. The zero-order chi connectivity index (χ0) is 15.1. The monoisotopic (exact) mass is 290 g/mol. The molecule has 21 heavy (non-hydrogen) atoms. The number of fused-ring (bicyclic) bond motifs is 1. The molecular weight excluding hydrogens is 268 g/mol. The Morgan fingerprint density at radius 3 is 2.81 bits per heavy atom. The second kappa shape index (κ2) is 7.69. The lowest BCUT2D eigenvalue weighted by atomic mass is 10.2. The van der Waals surface area contributed by atoms with Gasteiger partial charge in [0.1, 0.15) is 11.3 Å². The minimum Gasteiger partial charge on any atom is -0.461 e. The molecule has 0 saturated heterocycles. The third kappa shape index (κ3) is 4.79. The van der Waals surface area contributed by atoms with E-state index >= 15 is 0 Å². The van der Waals surface area contributed by atoms with Gasteiger partial charge in [0.15, 0.2) is 0 Å². The summed E-state index contributed by atoms with van der Waals surface area (Å²) in [5, 5.41) is 16.0. The van der Waals surface area contributed by atoms with Crippen LogP contribution in [0.3, 0.4) is 0 Å². The van der Waals surface area contributed by atoms with Gasteiger partial charge in [-0.2, -0.15) is 0 Å². The molecule has 5 nitrogen and oxygen atoms in total. The molecule has 0 radical (unpaired) electrons. The Morgan fingerprint density at radius 2 is 2.05 bits per heavy atom. The predicted molar refractivity (Wildman–Crippen MR) is 82.2 cm³/mol. The van der Waals surface area contributed by atoms with Gasteiger partial charge in [-0.15, -0.1) is 0 Å². The Hall–Kier alpha value is -2.01. The van der Waals surface area contributed by atoms with E-state index in [0.717, 1.165) is 16.7 Å². The van der Waals surface area contributed by atoms with E-state index in [1.165, 1.54) is 0 Å². The summed E-state index contributed by atoms with van der Waals surface area (Å²) in [6.45, 7) is 2.91. The van der Waals surface area contributed by atoms with Crippen molar-refractivity contribution in [3.05, 3.63) is 36.1 Å². The van der Waals surface area contributed by atoms with Gasteiger partial charge < -0.3 is 20.2 Å². The normalized spacial score (nSPS) is 12.3. The second-order valence-electron chi connectivity index (χ2n) is 5.03. The first-order valence-electron chi connectivity index (χ1n) is 7.36. The minimum atomic E-state index is -0.346. The van der Waals surface area contributed by atoms with Crippen LogP contribution in [-0.2, 0) is 6.42 Å². The number of benzene rings is 1. The average molecular weight is 290 g/mol. The number of nitrogens with one attached hydrogen (secondary N) is 2. The van der Waals surface area contributed by atoms with Gasteiger partial charge in [0, 0.05) is 24.9 Å². The van der Waals surface area contributed by atoms with E-state index in [1.54, 1.807) is 0 Å². The van der Waals surface area contributed by atoms with Crippen LogP contribution in [0.25, 0.3) is 11.0 Å². The lowest BCUT2D eigenvalue weighted by Gasteiger charge is -2.09. The van der Waals surface area contributed by atoms with Gasteiger partial charge in [-0.05, 0) is 25.0 Å². The van der Waals surface area contributed by atoms with E-state index in [0.29, 0.717) is 32.4 Å². The molecule has 2 aromatic rings. The molecule has 1 aromatic carbocycles. The summed E-state index contributed by atoms with van der Waals surface area (Å²) in [6, 6.07) is 9.62. The molecule has 0 aliphatic rings. The van der Waals surface area contributed by atoms with Crippen molar-refractivity contribution in [3.63, 3.8) is 0 Å². The van der Waals surface area contributed by atoms with E-state index in [-0.39, 0.29) is 12.1 Å². The van der Waals surface area contributed by atoms with Gasteiger partial charge in [0.05, 0.1) is 6.10 Å². The highest BCUT2D eigenvalue weighted by Gasteiger charge is 2.05. The number of furan rings is 1. The summed E-state index contributed by atoms with van der Waals surface area (Å²) >= 11 is 0. The summed E-state index contributed by atoms with van der Waals surface area (Å²) in [4.78, 5) is 11.5. The van der Waals surface area contributed by atoms with E-state index in [1.807, 2.05) is 37.3 Å². The van der Waals surface area contributed by atoms with Gasteiger partial charge in [-0.1, -0.05) is 25.1 Å². The molecule has 0 saturated carbocycles. The Morgan fingerprint density at radius 1 is 1.29 bits per heavy atom. The number of aliphatic hydroxyl groups excluding tert-OH is 1. The smallest absolute Gasteiger partial charge is 0.314 e. The summed E-state index contributed by atoms with van der Waals surface area (Å²) in [6.07, 6.45) is 1.59. The van der Waals surface area contributed by atoms with Crippen molar-refractivity contribution in [3.8, 4) is 0 Å². The molecule has 0 bridgehead atoms. The van der Waals surface area contributed by atoms with Crippen molar-refractivity contribution >= 4 is 17.0 Å². The molecule has 0 spiro atoms. The van der Waals surface area contributed by atoms with Crippen LogP contribution in [0.15, 0.2) is 34.7 Å². The molecular formula is C16H22N2O3. The van der Waals surface area contributed by atoms with Crippen molar-refractivity contribution < 1.29 is 14.3 Å². The number of hydrogen-bond donors (Lipinski definition) is 3. The van der Waals surface area contributed by atoms with Gasteiger partial charge in [0.25, 0.3) is 0 Å². The quantitative estimate of drug-likeness (QED) is 0.733. The summed E-state index contributed by atoms with van der Waals surface area (Å²) in [5.74, 6) is 0.859. The third-order valence-corrected chi connectivity index (χ3v) is 3.37. The maximum absolute atomic E-state index is 11.5. The minimum absolute atomic E-state index is 0.214. The Kier molecular flexibility index (Phi) is 5.63. The highest BCUT2D eigenvalue weighted by molar-refractivity contribution is 5.77. The molecule has 114 valence electrons. The molecule has 2 amide bonds. The number of amides is 2. The number of urea groups is 1. The molecule has 0 fully saturated rings. The van der Waals surface area contributed by atoms with Crippen molar-refractivity contribution in [2.75, 3.05) is 13.1 Å². The van der Waals surface area contributed by atoms with Gasteiger partial charge in [-0.3, -0.25) is 0 Å². The number of aliphatic hydroxyl groups is 1. The van der Waals surface area contributed by atoms with Crippen molar-refractivity contribution in [1.29, 1.82) is 0 Å². The largest absolute Gasteiger partial charge is 0.461 e. The van der Waals surface area contributed by atoms with E-state index in [9.17, 15) is 9.90 Å². The first-order chi connectivity index (χ1) is 10.2. The molecule has 1 unspecified atom stereocenters. The molecule has 1 heterocycles. The maximum Gasteiger partial charge on any atom is 0.314 e. The highest BCUT2D eigenvalue weighted by Crippen LogP contribution is 2.18. The summed E-state index contributed by atoms with van der Waals surface area (Å²) in [7, 11) is 0. The maximum atomic E-state index is 11.5. The SMILES string of the molecule is CCC(O)CCNC(=O)NCCc1cc2ccccc2o1. The van der Waals surface area contributed by atoms with Gasteiger partial charge in [0.2, 0.25) is 0 Å². The zero-order valence-electron chi connectivity index (χ0n) is 12.3. The van der Waals surface area contributed by atoms with Crippen LogP contribution >= 0.6 is 0 Å². The van der Waals surface area contributed by atoms with Crippen molar-refractivity contribution in [1.82, 2.24) is 10.6 Å². The van der Waals surface area contributed by atoms with Crippen molar-refractivity contribution in [2.45, 2.75) is 32.3 Å². The molecule has 0 aliphatic carbocycles. The molecule has 5 heteroatoms. The van der Waals surface area contributed by atoms with Crippen molar-refractivity contribution in [2.24, 2.45) is 0 Å². The lowest BCUT2D eigenvalue weighted by Crippen LogP contribution is -2.37. The summed E-state index contributed by atoms with van der Waals surface area (Å²) < 4.78 is 5.67. The third-order valence-electron chi connectivity index (χ3n) is 3.37. The van der Waals surface area contributed by atoms with E-state index in [4.69, 9.17) is 4.42 Å². The Bertz CT molecular complexity index is 547. The van der Waals surface area contributed by atoms with E-state index in [2.05, 4.69) is 10.6 Å². The Labute approximate surface area is 124 Å². The topological polar surface area (TPSA) is 74.5 Å². The number of para-hydroxylation sites is 1. The molecule has 2 rings (SSSR count). The number of carbonyl (C=O) groups is 1. The first-order valence-corrected chi connectivity index (χ1v) is 7.36. The van der Waals surface area contributed by atoms with Gasteiger partial charge in [-0.25, -0.2) is 4.79 Å². The summed E-state index contributed by atoms with van der Waals surface area (Å²) in [5.41, 5.74) is 0.866. The van der Waals surface area contributed by atoms with Crippen LogP contribution in [0.5, 0.6) is 0 Å². The Balaban J connectivity index is 1.68. The fraction of sp³-hybridized carbons (Fsp3) is 0.438. The van der Waals surface area contributed by atoms with Crippen LogP contribution in [-0.4, -0.2) is 30.3 Å². The van der Waals surface area contributed by atoms with Crippen LogP contribution in [0, 0.1) is 0 Å². The lowest BCUT2D eigenvalue weighted by molar-refractivity contribution is 0.160. The van der Waals surface area contributed by atoms with Crippen LogP contribution in [0.1, 0.15) is 25.5 Å². The van der Waals surface area contributed by atoms with Crippen LogP contribution in [0.4, 0.5) is 4.79 Å². The highest BCUT2D eigenvalue weighted by atomic mass is 16.3.